The third-order valence-electron chi connectivity index (χ3n) is 4.17. The highest BCUT2D eigenvalue weighted by atomic mass is 32.2. The average Bonchev–Trinajstić information content (AvgIpc) is 2.68. The Morgan fingerprint density at radius 3 is 1.77 bits per heavy atom. The van der Waals surface area contributed by atoms with E-state index in [9.17, 15) is 4.79 Å². The Morgan fingerprint density at radius 1 is 0.769 bits per heavy atom. The van der Waals surface area contributed by atoms with Crippen LogP contribution in [0.1, 0.15) is 16.7 Å². The van der Waals surface area contributed by atoms with E-state index in [0.717, 1.165) is 16.0 Å². The van der Waals surface area contributed by atoms with Gasteiger partial charge in [0.1, 0.15) is 0 Å². The minimum atomic E-state index is 0.156. The van der Waals surface area contributed by atoms with Gasteiger partial charge in [-0.05, 0) is 30.2 Å². The molecule has 0 aromatic heterocycles. The maximum Gasteiger partial charge on any atom is 0.233 e. The molecule has 0 atom stereocenters. The molecule has 0 saturated carbocycles. The molecular weight excluding hydrogens is 338 g/mol. The summed E-state index contributed by atoms with van der Waals surface area (Å²) >= 11 is 1.60. The molecular formula is C23H23NOS. The number of aryl methyl sites for hydroxylation is 1. The van der Waals surface area contributed by atoms with Gasteiger partial charge in [-0.1, -0.05) is 78.4 Å². The van der Waals surface area contributed by atoms with E-state index in [2.05, 4.69) is 55.5 Å². The Kier molecular flexibility index (Phi) is 6.50. The summed E-state index contributed by atoms with van der Waals surface area (Å²) in [6.07, 6.45) is 0. The first-order chi connectivity index (χ1) is 12.7. The number of amides is 1. The van der Waals surface area contributed by atoms with Gasteiger partial charge in [0.15, 0.2) is 0 Å². The van der Waals surface area contributed by atoms with Crippen LogP contribution in [0.25, 0.3) is 0 Å². The number of nitrogens with zero attached hydrogens (tertiary/aromatic N) is 1. The van der Waals surface area contributed by atoms with Crippen molar-refractivity contribution in [3.8, 4) is 0 Å². The lowest BCUT2D eigenvalue weighted by Gasteiger charge is -2.23. The molecule has 0 aliphatic rings. The Labute approximate surface area is 159 Å². The lowest BCUT2D eigenvalue weighted by molar-refractivity contribution is -0.129. The number of hydrogen-bond acceptors (Lipinski definition) is 2. The van der Waals surface area contributed by atoms with Crippen molar-refractivity contribution >= 4 is 17.7 Å². The minimum Gasteiger partial charge on any atom is -0.333 e. The molecule has 0 fully saturated rings. The van der Waals surface area contributed by atoms with Gasteiger partial charge >= 0.3 is 0 Å². The summed E-state index contributed by atoms with van der Waals surface area (Å²) < 4.78 is 0. The van der Waals surface area contributed by atoms with Gasteiger partial charge in [-0.2, -0.15) is 0 Å². The van der Waals surface area contributed by atoms with Gasteiger partial charge in [0.05, 0.1) is 5.75 Å². The summed E-state index contributed by atoms with van der Waals surface area (Å²) in [5.41, 5.74) is 3.53. The van der Waals surface area contributed by atoms with Gasteiger partial charge in [0, 0.05) is 18.0 Å². The number of carbonyl (C=O) groups excluding carboxylic acids is 1. The maximum atomic E-state index is 12.9. The van der Waals surface area contributed by atoms with Crippen LogP contribution in [0.4, 0.5) is 0 Å². The molecule has 132 valence electrons. The lowest BCUT2D eigenvalue weighted by Crippen LogP contribution is -2.31. The number of hydrogen-bond donors (Lipinski definition) is 0. The second-order valence-electron chi connectivity index (χ2n) is 6.32. The molecule has 3 rings (SSSR count). The van der Waals surface area contributed by atoms with E-state index in [4.69, 9.17) is 0 Å². The molecule has 0 bridgehead atoms. The largest absolute Gasteiger partial charge is 0.333 e. The predicted octanol–water partition coefficient (Wildman–Crippen LogP) is 5.32. The number of rotatable bonds is 7. The molecule has 0 aliphatic carbocycles. The number of benzene rings is 3. The molecule has 2 nitrogen and oxygen atoms in total. The molecule has 0 aliphatic heterocycles. The van der Waals surface area contributed by atoms with Gasteiger partial charge in [-0.15, -0.1) is 11.8 Å². The zero-order valence-corrected chi connectivity index (χ0v) is 15.8. The van der Waals surface area contributed by atoms with Gasteiger partial charge in [0.2, 0.25) is 5.91 Å². The molecule has 0 saturated heterocycles. The quantitative estimate of drug-likeness (QED) is 0.531. The van der Waals surface area contributed by atoms with Gasteiger partial charge < -0.3 is 4.90 Å². The molecule has 3 aromatic rings. The van der Waals surface area contributed by atoms with Crippen molar-refractivity contribution < 1.29 is 4.79 Å². The number of carbonyl (C=O) groups is 1. The summed E-state index contributed by atoms with van der Waals surface area (Å²) in [5.74, 6) is 0.603. The molecule has 26 heavy (non-hydrogen) atoms. The minimum absolute atomic E-state index is 0.156. The summed E-state index contributed by atoms with van der Waals surface area (Å²) in [7, 11) is 0. The van der Waals surface area contributed by atoms with Crippen LogP contribution in [-0.4, -0.2) is 16.6 Å². The van der Waals surface area contributed by atoms with Crippen molar-refractivity contribution in [2.45, 2.75) is 24.9 Å². The Morgan fingerprint density at radius 2 is 1.27 bits per heavy atom. The molecule has 0 radical (unpaired) electrons. The van der Waals surface area contributed by atoms with Crippen LogP contribution < -0.4 is 0 Å². The summed E-state index contributed by atoms with van der Waals surface area (Å²) in [6, 6.07) is 28.6. The Bertz CT molecular complexity index is 774. The normalized spacial score (nSPS) is 10.5. The van der Waals surface area contributed by atoms with Gasteiger partial charge in [-0.25, -0.2) is 0 Å². The van der Waals surface area contributed by atoms with Crippen LogP contribution in [0.2, 0.25) is 0 Å². The van der Waals surface area contributed by atoms with Crippen molar-refractivity contribution in [2.75, 3.05) is 5.75 Å². The van der Waals surface area contributed by atoms with Crippen LogP contribution in [0.5, 0.6) is 0 Å². The lowest BCUT2D eigenvalue weighted by atomic mass is 10.1. The molecule has 1 amide bonds. The fourth-order valence-corrected chi connectivity index (χ4v) is 3.51. The van der Waals surface area contributed by atoms with E-state index in [1.807, 2.05) is 41.3 Å². The summed E-state index contributed by atoms with van der Waals surface area (Å²) in [6.45, 7) is 3.33. The van der Waals surface area contributed by atoms with Crippen LogP contribution in [0.3, 0.4) is 0 Å². The molecule has 0 heterocycles. The highest BCUT2D eigenvalue weighted by molar-refractivity contribution is 8.00. The SMILES string of the molecule is Cc1ccc(SCC(=O)N(Cc2ccccc2)Cc2ccccc2)cc1. The van der Waals surface area contributed by atoms with Crippen LogP contribution in [0, 0.1) is 6.92 Å². The topological polar surface area (TPSA) is 20.3 Å². The second-order valence-corrected chi connectivity index (χ2v) is 7.37. The molecule has 3 aromatic carbocycles. The predicted molar refractivity (Wildman–Crippen MR) is 109 cm³/mol. The molecule has 0 spiro atoms. The first-order valence-corrected chi connectivity index (χ1v) is 9.74. The van der Waals surface area contributed by atoms with Crippen LogP contribution >= 0.6 is 11.8 Å². The summed E-state index contributed by atoms with van der Waals surface area (Å²) in [5, 5.41) is 0. The zero-order valence-electron chi connectivity index (χ0n) is 15.0. The third kappa shape index (κ3) is 5.50. The fraction of sp³-hybridized carbons (Fsp3) is 0.174. The van der Waals surface area contributed by atoms with Crippen molar-refractivity contribution in [3.63, 3.8) is 0 Å². The van der Waals surface area contributed by atoms with E-state index in [0.29, 0.717) is 18.8 Å². The first-order valence-electron chi connectivity index (χ1n) is 8.76. The van der Waals surface area contributed by atoms with Gasteiger partial charge in [-0.3, -0.25) is 4.79 Å². The smallest absolute Gasteiger partial charge is 0.233 e. The summed E-state index contributed by atoms with van der Waals surface area (Å²) in [4.78, 5) is 16.0. The second kappa shape index (κ2) is 9.25. The van der Waals surface area contributed by atoms with E-state index in [1.165, 1.54) is 5.56 Å². The van der Waals surface area contributed by atoms with E-state index in [-0.39, 0.29) is 5.91 Å². The Hall–Kier alpha value is -2.52. The number of thioether (sulfide) groups is 1. The van der Waals surface area contributed by atoms with Crippen molar-refractivity contribution in [1.82, 2.24) is 4.90 Å². The zero-order chi connectivity index (χ0) is 18.2. The van der Waals surface area contributed by atoms with Crippen molar-refractivity contribution in [3.05, 3.63) is 102 Å². The molecule has 0 N–H and O–H groups in total. The highest BCUT2D eigenvalue weighted by Crippen LogP contribution is 2.20. The maximum absolute atomic E-state index is 12.9. The van der Waals surface area contributed by atoms with Crippen LogP contribution in [-0.2, 0) is 17.9 Å². The van der Waals surface area contributed by atoms with Crippen molar-refractivity contribution in [2.24, 2.45) is 0 Å². The first kappa shape index (κ1) is 18.3. The van der Waals surface area contributed by atoms with E-state index in [1.54, 1.807) is 11.8 Å². The third-order valence-corrected chi connectivity index (χ3v) is 5.17. The highest BCUT2D eigenvalue weighted by Gasteiger charge is 2.15. The van der Waals surface area contributed by atoms with Crippen molar-refractivity contribution in [1.29, 1.82) is 0 Å². The van der Waals surface area contributed by atoms with Crippen LogP contribution in [0.15, 0.2) is 89.8 Å². The van der Waals surface area contributed by atoms with E-state index >= 15 is 0 Å². The average molecular weight is 362 g/mol. The monoisotopic (exact) mass is 361 g/mol. The van der Waals surface area contributed by atoms with E-state index < -0.39 is 0 Å². The van der Waals surface area contributed by atoms with Gasteiger partial charge in [0.25, 0.3) is 0 Å². The standard InChI is InChI=1S/C23H23NOS/c1-19-12-14-22(15-13-19)26-18-23(25)24(16-20-8-4-2-5-9-20)17-21-10-6-3-7-11-21/h2-15H,16-18H2,1H3. The fourth-order valence-electron chi connectivity index (χ4n) is 2.71. The molecule has 0 unspecified atom stereocenters. The Balaban J connectivity index is 1.68. The molecule has 3 heteroatoms.